The highest BCUT2D eigenvalue weighted by Crippen LogP contribution is 2.33. The maximum absolute atomic E-state index is 14.7. The number of fused-ring (bicyclic) bond motifs is 1. The molecule has 76 heavy (non-hydrogen) atoms. The van der Waals surface area contributed by atoms with E-state index < -0.39 is 83.0 Å². The number of guanidine groups is 1. The number of nitrogens with zero attached hydrogens (tertiary/aromatic N) is 2. The fourth-order valence-electron chi connectivity index (χ4n) is 8.53. The largest absolute Gasteiger partial charge is 0.508 e. The molecule has 2 aliphatic heterocycles. The number of hydrogen-bond donors (Lipinski definition) is 9. The number of halogens is 2. The molecule has 416 valence electrons. The highest BCUT2D eigenvalue weighted by Gasteiger charge is 2.37. The maximum atomic E-state index is 14.7. The Morgan fingerprint density at radius 2 is 1.49 bits per heavy atom. The molecule has 10 N–H and O–H groups in total. The van der Waals surface area contributed by atoms with Crippen molar-refractivity contribution in [2.45, 2.75) is 142 Å². The predicted octanol–water partition coefficient (Wildman–Crippen LogP) is 4.55. The van der Waals surface area contributed by atoms with Crippen molar-refractivity contribution in [3.8, 4) is 11.5 Å². The topological polar surface area (TPSA) is 285 Å². The number of nitrogens with one attached hydrogen (secondary N) is 7. The summed E-state index contributed by atoms with van der Waals surface area (Å²) in [7, 11) is 0. The Kier molecular flexibility index (Phi) is 22.6. The van der Waals surface area contributed by atoms with E-state index in [9.17, 15) is 42.7 Å². The Balaban J connectivity index is 1.18. The van der Waals surface area contributed by atoms with Crippen molar-refractivity contribution >= 4 is 41.7 Å². The minimum absolute atomic E-state index is 0.00298. The van der Waals surface area contributed by atoms with E-state index in [-0.39, 0.29) is 69.4 Å². The number of carbonyl (C=O) groups excluding carboxylic acids is 6. The van der Waals surface area contributed by atoms with E-state index in [1.165, 1.54) is 0 Å². The first-order chi connectivity index (χ1) is 36.1. The second kappa shape index (κ2) is 28.7. The van der Waals surface area contributed by atoms with Crippen molar-refractivity contribution in [3.63, 3.8) is 0 Å². The Bertz CT molecular complexity index is 2440. The van der Waals surface area contributed by atoms with Crippen molar-refractivity contribution in [3.05, 3.63) is 94.6 Å². The molecule has 3 aromatic carbocycles. The molecule has 23 heteroatoms. The van der Waals surface area contributed by atoms with Crippen molar-refractivity contribution < 1.29 is 61.6 Å². The van der Waals surface area contributed by atoms with Crippen LogP contribution in [0.1, 0.15) is 115 Å². The van der Waals surface area contributed by atoms with Crippen molar-refractivity contribution in [2.24, 2.45) is 10.7 Å². The highest BCUT2D eigenvalue weighted by atomic mass is 19.1. The molecule has 0 radical (unpaired) electrons. The zero-order valence-corrected chi connectivity index (χ0v) is 44.2. The van der Waals surface area contributed by atoms with Crippen LogP contribution in [-0.4, -0.2) is 121 Å². The lowest BCUT2D eigenvalue weighted by Crippen LogP contribution is -2.50. The second-order valence-corrected chi connectivity index (χ2v) is 19.9. The minimum Gasteiger partial charge on any atom is -0.508 e. The van der Waals surface area contributed by atoms with Crippen LogP contribution in [0.3, 0.4) is 0 Å². The SMILES string of the molecule is CCC(=O)NCCNC(=O)NC(N)=NCCC[C@@H](NC(=O)[C@H](c1ccc(OCCCNC(=O)C[C@H]2C[C@@H](CCNC(=O)OC(C)(C)C)OC(C)(C)O2)cc1)N1Cc2ccccc2C1)C(=O)NCc1c(F)cc(O)cc1F. The Morgan fingerprint density at radius 3 is 2.14 bits per heavy atom. The number of nitrogens with two attached hydrogens (primary N) is 1. The molecule has 4 atom stereocenters. The van der Waals surface area contributed by atoms with Crippen LogP contribution in [-0.2, 0) is 53.0 Å². The predicted molar refractivity (Wildman–Crippen MR) is 277 cm³/mol. The first-order valence-corrected chi connectivity index (χ1v) is 25.6. The molecule has 5 rings (SSSR count). The number of ether oxygens (including phenoxy) is 4. The summed E-state index contributed by atoms with van der Waals surface area (Å²) in [6.45, 7) is 12.2. The van der Waals surface area contributed by atoms with E-state index in [2.05, 4.69) is 42.2 Å². The summed E-state index contributed by atoms with van der Waals surface area (Å²) in [4.78, 5) is 83.3. The number of alkyl carbamates (subject to hydrolysis) is 1. The van der Waals surface area contributed by atoms with Crippen molar-refractivity contribution in [1.82, 2.24) is 42.1 Å². The van der Waals surface area contributed by atoms with Crippen LogP contribution in [0.15, 0.2) is 65.7 Å². The van der Waals surface area contributed by atoms with Crippen LogP contribution in [0.4, 0.5) is 18.4 Å². The van der Waals surface area contributed by atoms with Gasteiger partial charge in [0.15, 0.2) is 11.7 Å². The molecule has 0 unspecified atom stereocenters. The molecule has 0 saturated carbocycles. The number of amides is 7. The molecule has 0 aromatic heterocycles. The zero-order chi connectivity index (χ0) is 55.4. The van der Waals surface area contributed by atoms with Gasteiger partial charge in [-0.15, -0.1) is 0 Å². The lowest BCUT2D eigenvalue weighted by atomic mass is 10.0. The van der Waals surface area contributed by atoms with E-state index in [1.807, 2.05) is 29.2 Å². The number of benzene rings is 3. The number of carbonyl (C=O) groups is 6. The lowest BCUT2D eigenvalue weighted by Gasteiger charge is -2.40. The van der Waals surface area contributed by atoms with Gasteiger partial charge < -0.3 is 61.7 Å². The summed E-state index contributed by atoms with van der Waals surface area (Å²) < 4.78 is 52.8. The molecule has 21 nitrogen and oxygen atoms in total. The average Bonchev–Trinajstić information content (AvgIpc) is 3.76. The number of rotatable bonds is 25. The van der Waals surface area contributed by atoms with Gasteiger partial charge in [0, 0.05) is 82.9 Å². The molecule has 1 fully saturated rings. The molecular weight excluding hydrogens is 991 g/mol. The number of phenols is 1. The van der Waals surface area contributed by atoms with Gasteiger partial charge in [0.1, 0.15) is 40.8 Å². The van der Waals surface area contributed by atoms with Gasteiger partial charge in [-0.05, 0) is 89.1 Å². The van der Waals surface area contributed by atoms with Gasteiger partial charge in [-0.25, -0.2) is 18.4 Å². The standard InChI is InChI=1S/C53H74F2N10O11/c1-7-44(67)58-23-24-60-50(71)64-49(56)59-20-10-14-43(47(69)62-30-40-41(54)26-36(66)27-42(40)55)63-48(70)46(65-31-34-12-8-9-13-35(34)32-65)33-15-17-37(18-16-33)73-25-11-21-57-45(68)29-39-28-38(74-53(5,6)75-39)19-22-61-51(72)76-52(2,3)4/h8-9,12-13,15-18,26-27,38-39,43,46,66H,7,10-11,14,19-25,28-32H2,1-6H3,(H,57,68)(H,58,67)(H,61,72)(H,62,69)(H,63,70)(H4,56,59,60,64,71)/t38-,39-,43-,46+/m1/s1. The van der Waals surface area contributed by atoms with Crippen LogP contribution in [0.5, 0.6) is 11.5 Å². The van der Waals surface area contributed by atoms with Gasteiger partial charge in [0.05, 0.1) is 25.2 Å². The average molecular weight is 1070 g/mol. The fraction of sp³-hybridized carbons (Fsp3) is 0.528. The number of urea groups is 1. The van der Waals surface area contributed by atoms with Crippen LogP contribution >= 0.6 is 0 Å². The van der Waals surface area contributed by atoms with E-state index in [4.69, 9.17) is 24.7 Å². The third-order valence-electron chi connectivity index (χ3n) is 12.0. The monoisotopic (exact) mass is 1060 g/mol. The van der Waals surface area contributed by atoms with Crippen LogP contribution < -0.4 is 47.7 Å². The molecule has 0 bridgehead atoms. The van der Waals surface area contributed by atoms with Gasteiger partial charge in [-0.1, -0.05) is 43.3 Å². The van der Waals surface area contributed by atoms with E-state index in [0.717, 1.165) is 23.3 Å². The fourth-order valence-corrected chi connectivity index (χ4v) is 8.53. The van der Waals surface area contributed by atoms with Gasteiger partial charge in [0.2, 0.25) is 23.6 Å². The Morgan fingerprint density at radius 1 is 0.842 bits per heavy atom. The number of hydrogen-bond acceptors (Lipinski definition) is 13. The normalized spacial score (nSPS) is 17.0. The highest BCUT2D eigenvalue weighted by molar-refractivity contribution is 5.95. The summed E-state index contributed by atoms with van der Waals surface area (Å²) in [5.41, 5.74) is 7.46. The summed E-state index contributed by atoms with van der Waals surface area (Å²) in [5.74, 6) is -5.02. The molecule has 3 aromatic rings. The number of phenolic OH excluding ortho intramolecular Hbond substituents is 1. The van der Waals surface area contributed by atoms with E-state index >= 15 is 0 Å². The lowest BCUT2D eigenvalue weighted by molar-refractivity contribution is -0.299. The van der Waals surface area contributed by atoms with E-state index in [0.29, 0.717) is 63.2 Å². The van der Waals surface area contributed by atoms with Crippen molar-refractivity contribution in [2.75, 3.05) is 39.3 Å². The summed E-state index contributed by atoms with van der Waals surface area (Å²) >= 11 is 0. The first-order valence-electron chi connectivity index (χ1n) is 25.6. The van der Waals surface area contributed by atoms with Gasteiger partial charge in [0.25, 0.3) is 0 Å². The number of aliphatic imine (C=N–C) groups is 1. The summed E-state index contributed by atoms with van der Waals surface area (Å²) in [6, 6.07) is 13.4. The quantitative estimate of drug-likeness (QED) is 0.0320. The van der Waals surface area contributed by atoms with Crippen LogP contribution in [0.2, 0.25) is 0 Å². The smallest absolute Gasteiger partial charge is 0.407 e. The molecule has 2 heterocycles. The van der Waals surface area contributed by atoms with Crippen molar-refractivity contribution in [1.29, 1.82) is 0 Å². The van der Waals surface area contributed by atoms with Gasteiger partial charge in [-0.2, -0.15) is 0 Å². The third-order valence-corrected chi connectivity index (χ3v) is 12.0. The first kappa shape index (κ1) is 59.8. The molecule has 1 saturated heterocycles. The third kappa shape index (κ3) is 20.2. The van der Waals surface area contributed by atoms with Gasteiger partial charge in [-0.3, -0.25) is 34.4 Å². The Labute approximate surface area is 442 Å². The maximum Gasteiger partial charge on any atom is 0.407 e. The van der Waals surface area contributed by atoms with E-state index in [1.54, 1.807) is 65.8 Å². The Hall–Kier alpha value is -7.11. The van der Waals surface area contributed by atoms with Crippen LogP contribution in [0, 0.1) is 11.6 Å². The number of aromatic hydroxyl groups is 1. The summed E-state index contributed by atoms with van der Waals surface area (Å²) in [5, 5.41) is 28.2. The molecule has 2 aliphatic rings. The second-order valence-electron chi connectivity index (χ2n) is 19.9. The summed E-state index contributed by atoms with van der Waals surface area (Å²) in [6.07, 6.45) is 0.933. The van der Waals surface area contributed by atoms with Crippen LogP contribution in [0.25, 0.3) is 0 Å². The van der Waals surface area contributed by atoms with Gasteiger partial charge >= 0.3 is 12.1 Å². The molecular formula is C53H74F2N10O11. The molecule has 7 amide bonds. The molecule has 0 spiro atoms. The minimum atomic E-state index is -1.23. The molecule has 0 aliphatic carbocycles. The zero-order valence-electron chi connectivity index (χ0n) is 44.2.